The molecule has 3 aromatic heterocycles. The van der Waals surface area contributed by atoms with E-state index in [1.54, 1.807) is 26.4 Å². The minimum Gasteiger partial charge on any atom is -0.479 e. The lowest BCUT2D eigenvalue weighted by atomic mass is 9.84. The molecule has 0 aliphatic heterocycles. The molecule has 0 unspecified atom stereocenters. The first-order chi connectivity index (χ1) is 14.1. The van der Waals surface area contributed by atoms with Gasteiger partial charge in [-0.2, -0.15) is 15.2 Å². The Balaban J connectivity index is 1.69. The molecule has 1 aliphatic rings. The molecule has 0 N–H and O–H groups in total. The Morgan fingerprint density at radius 2 is 2.00 bits per heavy atom. The molecule has 0 bridgehead atoms. The van der Waals surface area contributed by atoms with Crippen molar-refractivity contribution in [3.8, 4) is 11.8 Å². The summed E-state index contributed by atoms with van der Waals surface area (Å²) in [5, 5.41) is 8.80. The smallest absolute Gasteiger partial charge is 0.341 e. The summed E-state index contributed by atoms with van der Waals surface area (Å²) in [6.45, 7) is 4.27. The number of aromatic nitrogens is 6. The number of fused-ring (bicyclic) bond motifs is 1. The summed E-state index contributed by atoms with van der Waals surface area (Å²) in [4.78, 5) is 21.0. The van der Waals surface area contributed by atoms with Crippen LogP contribution in [-0.4, -0.2) is 49.2 Å². The quantitative estimate of drug-likeness (QED) is 0.587. The van der Waals surface area contributed by atoms with Gasteiger partial charge in [-0.05, 0) is 32.6 Å². The first-order valence-corrected chi connectivity index (χ1v) is 10.1. The average Bonchev–Trinajstić information content (AvgIpc) is 3.41. The van der Waals surface area contributed by atoms with Crippen molar-refractivity contribution in [2.24, 2.45) is 5.92 Å². The number of hydrogen-bond acceptors (Lipinski definition) is 7. The van der Waals surface area contributed by atoms with Crippen LogP contribution < -0.4 is 4.74 Å². The van der Waals surface area contributed by atoms with Gasteiger partial charge in [-0.3, -0.25) is 4.68 Å². The van der Waals surface area contributed by atoms with Gasteiger partial charge in [0.15, 0.2) is 0 Å². The number of methoxy groups -OCH3 is 1. The predicted molar refractivity (Wildman–Crippen MR) is 106 cm³/mol. The predicted octanol–water partition coefficient (Wildman–Crippen LogP) is 3.34. The molecule has 1 atom stereocenters. The first-order valence-electron chi connectivity index (χ1n) is 10.1. The standard InChI is InChI=1S/C20H26N6O3/c1-4-29-19(27)15-10-21-25(12-15)20-23-16-11-22-26(17(16)18(24-20)28-3)13(2)14-8-6-5-7-9-14/h10-14H,4-9H2,1-3H3/t13-/m0/s1. The zero-order valence-electron chi connectivity index (χ0n) is 17.0. The number of carbonyl (C=O) groups is 1. The fourth-order valence-corrected chi connectivity index (χ4v) is 4.04. The molecule has 1 fully saturated rings. The van der Waals surface area contributed by atoms with E-state index in [2.05, 4.69) is 27.1 Å². The third-order valence-corrected chi connectivity index (χ3v) is 5.61. The van der Waals surface area contributed by atoms with E-state index in [1.807, 2.05) is 4.68 Å². The van der Waals surface area contributed by atoms with Crippen LogP contribution >= 0.6 is 0 Å². The van der Waals surface area contributed by atoms with Gasteiger partial charge in [-0.15, -0.1) is 0 Å². The van der Waals surface area contributed by atoms with Crippen molar-refractivity contribution in [3.63, 3.8) is 0 Å². The molecule has 0 radical (unpaired) electrons. The lowest BCUT2D eigenvalue weighted by Gasteiger charge is -2.28. The van der Waals surface area contributed by atoms with E-state index in [0.29, 0.717) is 35.4 Å². The number of carbonyl (C=O) groups excluding carboxylic acids is 1. The maximum absolute atomic E-state index is 11.9. The molecule has 154 valence electrons. The van der Waals surface area contributed by atoms with Gasteiger partial charge < -0.3 is 9.47 Å². The SMILES string of the molecule is CCOC(=O)c1cnn(-c2nc(OC)c3c(cnn3[C@@H](C)C3CCCCC3)n2)c1. The number of rotatable bonds is 6. The number of esters is 1. The van der Waals surface area contributed by atoms with E-state index in [-0.39, 0.29) is 6.04 Å². The van der Waals surface area contributed by atoms with Crippen molar-refractivity contribution in [2.45, 2.75) is 52.0 Å². The summed E-state index contributed by atoms with van der Waals surface area (Å²) in [6, 6.07) is 0.247. The van der Waals surface area contributed by atoms with Crippen LogP contribution in [0.4, 0.5) is 0 Å². The maximum atomic E-state index is 11.9. The molecule has 3 aromatic rings. The largest absolute Gasteiger partial charge is 0.479 e. The van der Waals surface area contributed by atoms with Crippen LogP contribution in [-0.2, 0) is 4.74 Å². The molecule has 0 aromatic carbocycles. The third-order valence-electron chi connectivity index (χ3n) is 5.61. The van der Waals surface area contributed by atoms with Gasteiger partial charge in [-0.25, -0.2) is 14.5 Å². The molecule has 0 spiro atoms. The molecular weight excluding hydrogens is 372 g/mol. The second-order valence-electron chi connectivity index (χ2n) is 7.39. The van der Waals surface area contributed by atoms with Crippen molar-refractivity contribution in [1.82, 2.24) is 29.5 Å². The third kappa shape index (κ3) is 3.68. The monoisotopic (exact) mass is 398 g/mol. The van der Waals surface area contributed by atoms with Gasteiger partial charge in [0.05, 0.1) is 37.7 Å². The fourth-order valence-electron chi connectivity index (χ4n) is 4.04. The first kappa shape index (κ1) is 19.4. The Morgan fingerprint density at radius 1 is 1.21 bits per heavy atom. The lowest BCUT2D eigenvalue weighted by molar-refractivity contribution is 0.0526. The molecule has 1 saturated carbocycles. The zero-order chi connectivity index (χ0) is 20.4. The van der Waals surface area contributed by atoms with Crippen LogP contribution in [0.1, 0.15) is 62.4 Å². The van der Waals surface area contributed by atoms with Crippen LogP contribution in [0.2, 0.25) is 0 Å². The van der Waals surface area contributed by atoms with Crippen molar-refractivity contribution < 1.29 is 14.3 Å². The topological polar surface area (TPSA) is 97.0 Å². The normalized spacial score (nSPS) is 16.1. The highest BCUT2D eigenvalue weighted by Gasteiger charge is 2.26. The van der Waals surface area contributed by atoms with Crippen LogP contribution in [0.15, 0.2) is 18.6 Å². The summed E-state index contributed by atoms with van der Waals surface area (Å²) < 4.78 is 14.0. The molecule has 9 heteroatoms. The average molecular weight is 398 g/mol. The summed E-state index contributed by atoms with van der Waals surface area (Å²) in [7, 11) is 1.58. The van der Waals surface area contributed by atoms with Gasteiger partial charge in [0.1, 0.15) is 11.0 Å². The van der Waals surface area contributed by atoms with Gasteiger partial charge in [0.2, 0.25) is 5.88 Å². The van der Waals surface area contributed by atoms with Crippen molar-refractivity contribution in [2.75, 3.05) is 13.7 Å². The second-order valence-corrected chi connectivity index (χ2v) is 7.39. The highest BCUT2D eigenvalue weighted by Crippen LogP contribution is 2.35. The minimum absolute atomic E-state index is 0.247. The second kappa shape index (κ2) is 8.18. The Bertz CT molecular complexity index is 1000. The summed E-state index contributed by atoms with van der Waals surface area (Å²) in [5.41, 5.74) is 1.81. The summed E-state index contributed by atoms with van der Waals surface area (Å²) >= 11 is 0. The zero-order valence-corrected chi connectivity index (χ0v) is 17.0. The van der Waals surface area contributed by atoms with E-state index in [0.717, 1.165) is 5.52 Å². The molecule has 3 heterocycles. The number of nitrogens with zero attached hydrogens (tertiary/aromatic N) is 6. The molecule has 0 saturated heterocycles. The molecule has 1 aliphatic carbocycles. The highest BCUT2D eigenvalue weighted by molar-refractivity contribution is 5.88. The van der Waals surface area contributed by atoms with E-state index < -0.39 is 5.97 Å². The van der Waals surface area contributed by atoms with Crippen molar-refractivity contribution in [1.29, 1.82) is 0 Å². The van der Waals surface area contributed by atoms with Gasteiger partial charge in [0.25, 0.3) is 5.95 Å². The van der Waals surface area contributed by atoms with Crippen molar-refractivity contribution >= 4 is 17.0 Å². The van der Waals surface area contributed by atoms with Gasteiger partial charge in [-0.1, -0.05) is 19.3 Å². The Morgan fingerprint density at radius 3 is 2.72 bits per heavy atom. The Labute approximate surface area is 169 Å². The highest BCUT2D eigenvalue weighted by atomic mass is 16.5. The van der Waals surface area contributed by atoms with Gasteiger partial charge in [0, 0.05) is 6.20 Å². The minimum atomic E-state index is -0.430. The van der Waals surface area contributed by atoms with Gasteiger partial charge >= 0.3 is 5.97 Å². The van der Waals surface area contributed by atoms with Crippen LogP contribution in [0.3, 0.4) is 0 Å². The van der Waals surface area contributed by atoms with E-state index >= 15 is 0 Å². The lowest BCUT2D eigenvalue weighted by Crippen LogP contribution is -2.20. The van der Waals surface area contributed by atoms with Crippen LogP contribution in [0.25, 0.3) is 17.0 Å². The molecule has 29 heavy (non-hydrogen) atoms. The van der Waals surface area contributed by atoms with Crippen LogP contribution in [0.5, 0.6) is 5.88 Å². The van der Waals surface area contributed by atoms with E-state index in [9.17, 15) is 4.79 Å². The molecule has 4 rings (SSSR count). The summed E-state index contributed by atoms with van der Waals surface area (Å²) in [5.74, 6) is 0.920. The number of ether oxygens (including phenoxy) is 2. The molecule has 9 nitrogen and oxygen atoms in total. The molecule has 0 amide bonds. The van der Waals surface area contributed by atoms with E-state index in [4.69, 9.17) is 9.47 Å². The molecular formula is C20H26N6O3. The van der Waals surface area contributed by atoms with E-state index in [1.165, 1.54) is 43.0 Å². The Hall–Kier alpha value is -2.97. The van der Waals surface area contributed by atoms with Crippen LogP contribution in [0, 0.1) is 5.92 Å². The van der Waals surface area contributed by atoms with Crippen molar-refractivity contribution in [3.05, 3.63) is 24.2 Å². The fraction of sp³-hybridized carbons (Fsp3) is 0.550. The number of hydrogen-bond donors (Lipinski definition) is 0. The summed E-state index contributed by atoms with van der Waals surface area (Å²) in [6.07, 6.45) is 11.0. The maximum Gasteiger partial charge on any atom is 0.341 e. The Kier molecular flexibility index (Phi) is 5.46.